The highest BCUT2D eigenvalue weighted by Gasteiger charge is 2.63. The van der Waals surface area contributed by atoms with Gasteiger partial charge in [-0.05, 0) is 87.4 Å². The molecular weight excluding hydrogens is 1100 g/mol. The largest absolute Gasteiger partial charge is 0.463 e. The van der Waals surface area contributed by atoms with E-state index < -0.39 is 191 Å². The third-order valence-corrected chi connectivity index (χ3v) is 20.0. The van der Waals surface area contributed by atoms with Crippen LogP contribution in [0.15, 0.2) is 22.8 Å². The molecule has 4 aliphatic carbocycles. The smallest absolute Gasteiger partial charge is 0.336 e. The summed E-state index contributed by atoms with van der Waals surface area (Å²) in [5, 5.41) is 149. The van der Waals surface area contributed by atoms with E-state index in [0.717, 1.165) is 44.6 Å². The molecule has 474 valence electrons. The van der Waals surface area contributed by atoms with Crippen molar-refractivity contribution in [3.8, 4) is 0 Å². The van der Waals surface area contributed by atoms with Crippen molar-refractivity contribution in [1.82, 2.24) is 0 Å². The van der Waals surface area contributed by atoms with Crippen LogP contribution < -0.4 is 0 Å². The number of aliphatic hydroxyl groups is 14. The SMILES string of the molecule is CC(=O)OC[C@H]1O[C@@H](O[C@H]2[C@H](OC(=O)/C(C)=C(\C)CC(OC(C)=O)[C@@H](C)[C@H]3CC[C@H]4[C@@H]5CC=C6C[C@@H](O[C@@H]7O[C@H](CO)[C@@H](O)[C@H](O)[C@H]7O)C[C@H](O)[C@]6(C)[C@H]5CC[C@]34C)O[C@H](CO)[C@@H](O)[C@@H]2O)[C@H](O)[C@@H](O)[C@@H]1O[C@@H]1O[C@H](CO)[C@@H](O)[C@H](O)[C@H]1O. The molecule has 8 aliphatic rings. The molecule has 4 aliphatic heterocycles. The molecule has 14 N–H and O–H groups in total. The fourth-order valence-corrected chi connectivity index (χ4v) is 15.0. The number of hydrogen-bond acceptors (Lipinski definition) is 27. The molecule has 3 saturated carbocycles. The zero-order valence-electron chi connectivity index (χ0n) is 47.8. The third kappa shape index (κ3) is 13.0. The Morgan fingerprint density at radius 2 is 1.13 bits per heavy atom. The molecule has 83 heavy (non-hydrogen) atoms. The molecular formula is C56H88O27. The van der Waals surface area contributed by atoms with Crippen molar-refractivity contribution in [2.45, 2.75) is 241 Å². The van der Waals surface area contributed by atoms with Crippen molar-refractivity contribution in [1.29, 1.82) is 0 Å². The lowest BCUT2D eigenvalue weighted by Crippen LogP contribution is -2.66. The maximum absolute atomic E-state index is 14.2. The Balaban J connectivity index is 0.944. The molecule has 0 spiro atoms. The van der Waals surface area contributed by atoms with Gasteiger partial charge >= 0.3 is 17.9 Å². The Morgan fingerprint density at radius 3 is 1.70 bits per heavy atom. The van der Waals surface area contributed by atoms with Crippen LogP contribution in [-0.4, -0.2) is 257 Å². The van der Waals surface area contributed by atoms with Crippen LogP contribution >= 0.6 is 0 Å². The molecule has 0 aromatic rings. The van der Waals surface area contributed by atoms with Gasteiger partial charge < -0.3 is 119 Å². The van der Waals surface area contributed by atoms with Crippen LogP contribution in [0.2, 0.25) is 0 Å². The summed E-state index contributed by atoms with van der Waals surface area (Å²) in [7, 11) is 0. The first-order chi connectivity index (χ1) is 39.1. The average Bonchev–Trinajstić information content (AvgIpc) is 1.92. The van der Waals surface area contributed by atoms with Crippen molar-refractivity contribution < 1.29 is 133 Å². The van der Waals surface area contributed by atoms with Crippen LogP contribution in [0.3, 0.4) is 0 Å². The minimum atomic E-state index is -2.13. The third-order valence-electron chi connectivity index (χ3n) is 20.0. The summed E-state index contributed by atoms with van der Waals surface area (Å²) in [5.41, 5.74) is 0.764. The maximum Gasteiger partial charge on any atom is 0.336 e. The standard InChI is InChI=1S/C56H88O27/c1-21(22(2)50(73)83-54-49(43(68)40(65)35(19-59)79-54)82-53-47(72)44(69)48(36(80-53)20-74-24(4)60)81-52-46(71)42(67)39(64)34(18-58)78-52)14-32(75-25(5)61)23(3)29-10-11-30-28-9-8-26-15-27(76-51-45(70)41(66)38(63)33(17-57)77-51)16-37(62)56(26,7)31(28)12-13-55(29,30)6/h8,23,27-49,51-54,57-59,62-72H,9-20H2,1-7H3/b22-21+/t23-,27+,28-,29+,30-,31-,32?,33+,34+,35+,36+,37-,38+,39+,40+,41-,42-,43-,44+,45+,46+,47+,48+,49+,51+,52-,53-,54-,55+,56-/m0/s1. The van der Waals surface area contributed by atoms with Crippen molar-refractivity contribution in [3.63, 3.8) is 0 Å². The van der Waals surface area contributed by atoms with Crippen LogP contribution in [-0.2, 0) is 61.8 Å². The molecule has 27 heteroatoms. The molecule has 4 heterocycles. The van der Waals surface area contributed by atoms with Crippen molar-refractivity contribution >= 4 is 17.9 Å². The number of carbonyl (C=O) groups excluding carboxylic acids is 3. The van der Waals surface area contributed by atoms with E-state index in [-0.39, 0.29) is 53.4 Å². The highest BCUT2D eigenvalue weighted by Crippen LogP contribution is 2.67. The van der Waals surface area contributed by atoms with E-state index >= 15 is 0 Å². The molecule has 27 nitrogen and oxygen atoms in total. The summed E-state index contributed by atoms with van der Waals surface area (Å²) in [6.45, 7) is 8.95. The first-order valence-corrected chi connectivity index (χ1v) is 28.9. The summed E-state index contributed by atoms with van der Waals surface area (Å²) in [4.78, 5) is 39.0. The van der Waals surface area contributed by atoms with Crippen LogP contribution in [0.1, 0.15) is 99.8 Å². The van der Waals surface area contributed by atoms with Crippen LogP contribution in [0.4, 0.5) is 0 Å². The van der Waals surface area contributed by atoms with Gasteiger partial charge in [-0.15, -0.1) is 0 Å². The monoisotopic (exact) mass is 1190 g/mol. The predicted octanol–water partition coefficient (Wildman–Crippen LogP) is -3.42. The summed E-state index contributed by atoms with van der Waals surface area (Å²) < 4.78 is 57.5. The van der Waals surface area contributed by atoms with Crippen molar-refractivity contribution in [3.05, 3.63) is 22.8 Å². The second kappa shape index (κ2) is 26.8. The first-order valence-electron chi connectivity index (χ1n) is 28.9. The number of esters is 3. The van der Waals surface area contributed by atoms with Crippen molar-refractivity contribution in [2.24, 2.45) is 40.4 Å². The van der Waals surface area contributed by atoms with E-state index in [4.69, 9.17) is 47.4 Å². The molecule has 0 radical (unpaired) electrons. The molecule has 1 unspecified atom stereocenters. The quantitative estimate of drug-likeness (QED) is 0.0275. The number of fused-ring (bicyclic) bond motifs is 5. The fourth-order valence-electron chi connectivity index (χ4n) is 15.0. The molecule has 0 bridgehead atoms. The van der Waals surface area contributed by atoms with Gasteiger partial charge in [0.15, 0.2) is 25.0 Å². The lowest BCUT2D eigenvalue weighted by atomic mass is 9.46. The highest BCUT2D eigenvalue weighted by molar-refractivity contribution is 5.88. The number of allylic oxidation sites excluding steroid dienone is 1. The van der Waals surface area contributed by atoms with E-state index in [9.17, 15) is 85.9 Å². The molecule has 0 aromatic carbocycles. The summed E-state index contributed by atoms with van der Waals surface area (Å²) >= 11 is 0. The van der Waals surface area contributed by atoms with E-state index in [0.29, 0.717) is 12.0 Å². The van der Waals surface area contributed by atoms with Crippen molar-refractivity contribution in [2.75, 3.05) is 26.4 Å². The Bertz CT molecular complexity index is 2300. The minimum absolute atomic E-state index is 0.0396. The molecule has 4 saturated heterocycles. The van der Waals surface area contributed by atoms with E-state index in [2.05, 4.69) is 19.9 Å². The minimum Gasteiger partial charge on any atom is -0.463 e. The topological polar surface area (TPSA) is 427 Å². The second-order valence-corrected chi connectivity index (χ2v) is 24.7. The van der Waals surface area contributed by atoms with Crippen LogP contribution in [0.25, 0.3) is 0 Å². The number of rotatable bonds is 18. The summed E-state index contributed by atoms with van der Waals surface area (Å²) in [5.74, 6) is -1.92. The van der Waals surface area contributed by atoms with Gasteiger partial charge in [0.2, 0.25) is 6.29 Å². The lowest BCUT2D eigenvalue weighted by molar-refractivity contribution is -0.381. The predicted molar refractivity (Wildman–Crippen MR) is 278 cm³/mol. The van der Waals surface area contributed by atoms with Gasteiger partial charge in [-0.25, -0.2) is 4.79 Å². The van der Waals surface area contributed by atoms with Crippen LogP contribution in [0, 0.1) is 40.4 Å². The number of hydrogen-bond donors (Lipinski definition) is 14. The normalized spacial score (nSPS) is 47.4. The maximum atomic E-state index is 14.2. The van der Waals surface area contributed by atoms with Gasteiger partial charge in [0.1, 0.15) is 104 Å². The molecule has 30 atom stereocenters. The lowest BCUT2D eigenvalue weighted by Gasteiger charge is -2.60. The zero-order chi connectivity index (χ0) is 60.9. The molecule has 8 rings (SSSR count). The Hall–Kier alpha value is -2.95. The van der Waals surface area contributed by atoms with Gasteiger partial charge in [-0.3, -0.25) is 9.59 Å². The number of carbonyl (C=O) groups is 3. The van der Waals surface area contributed by atoms with Gasteiger partial charge in [0.25, 0.3) is 0 Å². The molecule has 0 aromatic heterocycles. The number of aliphatic hydroxyl groups excluding tert-OH is 14. The van der Waals surface area contributed by atoms with E-state index in [1.807, 2.05) is 6.92 Å². The Kier molecular flexibility index (Phi) is 21.3. The van der Waals surface area contributed by atoms with E-state index in [1.54, 1.807) is 6.92 Å². The van der Waals surface area contributed by atoms with E-state index in [1.165, 1.54) is 13.8 Å². The van der Waals surface area contributed by atoms with Crippen LogP contribution in [0.5, 0.6) is 0 Å². The Labute approximate surface area is 480 Å². The van der Waals surface area contributed by atoms with Gasteiger partial charge in [-0.2, -0.15) is 0 Å². The van der Waals surface area contributed by atoms with Gasteiger partial charge in [0, 0.05) is 37.7 Å². The molecule has 0 amide bonds. The second-order valence-electron chi connectivity index (χ2n) is 24.7. The molecule has 7 fully saturated rings. The fraction of sp³-hybridized carbons (Fsp3) is 0.875. The summed E-state index contributed by atoms with van der Waals surface area (Å²) in [6.07, 6.45) is -29.9. The summed E-state index contributed by atoms with van der Waals surface area (Å²) in [6, 6.07) is 0. The highest BCUT2D eigenvalue weighted by atomic mass is 16.8. The van der Waals surface area contributed by atoms with Gasteiger partial charge in [0.05, 0.1) is 32.0 Å². The Morgan fingerprint density at radius 1 is 0.614 bits per heavy atom. The average molecular weight is 1190 g/mol. The number of ether oxygens (including phenoxy) is 10. The zero-order valence-corrected chi connectivity index (χ0v) is 47.8. The first kappa shape index (κ1) is 66.0. The van der Waals surface area contributed by atoms with Gasteiger partial charge in [-0.1, -0.05) is 38.0 Å².